The summed E-state index contributed by atoms with van der Waals surface area (Å²) in [6, 6.07) is 13.2. The van der Waals surface area contributed by atoms with E-state index in [-0.39, 0.29) is 18.4 Å². The number of likely N-dealkylation sites (N-methyl/N-ethyl adjacent to an activating group) is 1. The van der Waals surface area contributed by atoms with Crippen molar-refractivity contribution in [2.75, 3.05) is 45.3 Å². The van der Waals surface area contributed by atoms with Crippen LogP contribution < -0.4 is 25.0 Å². The standard InChI is InChI=1S/C22H26BrN3O4/c1-24-21(27)14-30-19-7-6-16(10-20(19)29-2)22(28)25-12-15-8-9-26(13-15)18-5-3-4-17(23)11-18/h3-7,10-11,15H,8-9,12-14H2,1-2H3,(H,24,27)(H,25,28). The van der Waals surface area contributed by atoms with Gasteiger partial charge in [-0.05, 0) is 48.7 Å². The Balaban J connectivity index is 1.54. The van der Waals surface area contributed by atoms with E-state index >= 15 is 0 Å². The minimum atomic E-state index is -0.243. The highest BCUT2D eigenvalue weighted by Crippen LogP contribution is 2.28. The Morgan fingerprint density at radius 3 is 2.77 bits per heavy atom. The lowest BCUT2D eigenvalue weighted by molar-refractivity contribution is -0.122. The number of hydrogen-bond acceptors (Lipinski definition) is 5. The van der Waals surface area contributed by atoms with Crippen molar-refractivity contribution in [2.45, 2.75) is 6.42 Å². The lowest BCUT2D eigenvalue weighted by atomic mass is 10.1. The van der Waals surface area contributed by atoms with Crippen molar-refractivity contribution in [1.82, 2.24) is 10.6 Å². The third-order valence-electron chi connectivity index (χ3n) is 5.07. The van der Waals surface area contributed by atoms with E-state index in [1.807, 2.05) is 12.1 Å². The molecule has 2 N–H and O–H groups in total. The molecule has 0 radical (unpaired) electrons. The lowest BCUT2D eigenvalue weighted by Crippen LogP contribution is -2.31. The molecule has 3 rings (SSSR count). The van der Waals surface area contributed by atoms with Crippen molar-refractivity contribution in [2.24, 2.45) is 5.92 Å². The predicted octanol–water partition coefficient (Wildman–Crippen LogP) is 2.84. The molecule has 8 heteroatoms. The van der Waals surface area contributed by atoms with Crippen LogP contribution in [0.1, 0.15) is 16.8 Å². The largest absolute Gasteiger partial charge is 0.493 e. The lowest BCUT2D eigenvalue weighted by Gasteiger charge is -2.19. The van der Waals surface area contributed by atoms with Crippen LogP contribution in [0.15, 0.2) is 46.9 Å². The molecule has 0 aromatic heterocycles. The fraction of sp³-hybridized carbons (Fsp3) is 0.364. The number of amides is 2. The van der Waals surface area contributed by atoms with Gasteiger partial charge in [0.15, 0.2) is 18.1 Å². The first-order valence-corrected chi connectivity index (χ1v) is 10.6. The number of carbonyl (C=O) groups is 2. The fourth-order valence-electron chi connectivity index (χ4n) is 3.39. The van der Waals surface area contributed by atoms with Gasteiger partial charge in [-0.2, -0.15) is 0 Å². The van der Waals surface area contributed by atoms with Gasteiger partial charge in [-0.25, -0.2) is 0 Å². The second-order valence-electron chi connectivity index (χ2n) is 7.12. The van der Waals surface area contributed by atoms with Crippen molar-refractivity contribution in [3.05, 3.63) is 52.5 Å². The average molecular weight is 476 g/mol. The van der Waals surface area contributed by atoms with E-state index in [2.05, 4.69) is 43.6 Å². The molecular weight excluding hydrogens is 450 g/mol. The van der Waals surface area contributed by atoms with Crippen LogP contribution in [0.5, 0.6) is 11.5 Å². The molecule has 160 valence electrons. The molecule has 1 aliphatic rings. The normalized spacial score (nSPS) is 15.6. The number of ether oxygens (including phenoxy) is 2. The Labute approximate surface area is 184 Å². The Kier molecular flexibility index (Phi) is 7.57. The van der Waals surface area contributed by atoms with Gasteiger partial charge in [-0.15, -0.1) is 0 Å². The topological polar surface area (TPSA) is 79.9 Å². The molecule has 30 heavy (non-hydrogen) atoms. The number of benzene rings is 2. The monoisotopic (exact) mass is 475 g/mol. The van der Waals surface area contributed by atoms with Crippen LogP contribution in [0.4, 0.5) is 5.69 Å². The van der Waals surface area contributed by atoms with Gasteiger partial charge in [0, 0.05) is 42.4 Å². The van der Waals surface area contributed by atoms with Crippen LogP contribution >= 0.6 is 15.9 Å². The summed E-state index contributed by atoms with van der Waals surface area (Å²) >= 11 is 3.51. The van der Waals surface area contributed by atoms with Gasteiger partial charge in [-0.1, -0.05) is 22.0 Å². The highest BCUT2D eigenvalue weighted by molar-refractivity contribution is 9.10. The summed E-state index contributed by atoms with van der Waals surface area (Å²) in [4.78, 5) is 26.3. The molecule has 1 heterocycles. The quantitative estimate of drug-likeness (QED) is 0.613. The first-order chi connectivity index (χ1) is 14.5. The predicted molar refractivity (Wildman–Crippen MR) is 119 cm³/mol. The summed E-state index contributed by atoms with van der Waals surface area (Å²) < 4.78 is 11.8. The number of rotatable bonds is 8. The fourth-order valence-corrected chi connectivity index (χ4v) is 3.78. The van der Waals surface area contributed by atoms with Crippen LogP contribution in [-0.2, 0) is 4.79 Å². The molecule has 2 aromatic carbocycles. The molecule has 0 spiro atoms. The van der Waals surface area contributed by atoms with Crippen LogP contribution in [-0.4, -0.2) is 52.2 Å². The Bertz CT molecular complexity index is 906. The first kappa shape index (κ1) is 22.0. The van der Waals surface area contributed by atoms with E-state index in [9.17, 15) is 9.59 Å². The SMILES string of the molecule is CNC(=O)COc1ccc(C(=O)NCC2CCN(c3cccc(Br)c3)C2)cc1OC. The second-order valence-corrected chi connectivity index (χ2v) is 8.03. The molecule has 1 saturated heterocycles. The maximum Gasteiger partial charge on any atom is 0.257 e. The summed E-state index contributed by atoms with van der Waals surface area (Å²) in [6.07, 6.45) is 1.03. The highest BCUT2D eigenvalue weighted by Gasteiger charge is 2.23. The van der Waals surface area contributed by atoms with E-state index in [1.54, 1.807) is 25.2 Å². The van der Waals surface area contributed by atoms with Gasteiger partial charge < -0.3 is 25.0 Å². The molecule has 7 nitrogen and oxygen atoms in total. The Morgan fingerprint density at radius 2 is 2.03 bits per heavy atom. The van der Waals surface area contributed by atoms with Crippen molar-refractivity contribution in [3.8, 4) is 11.5 Å². The summed E-state index contributed by atoms with van der Waals surface area (Å²) in [5, 5.41) is 5.51. The van der Waals surface area contributed by atoms with Gasteiger partial charge in [0.05, 0.1) is 7.11 Å². The molecule has 2 amide bonds. The van der Waals surface area contributed by atoms with Gasteiger partial charge in [0.25, 0.3) is 11.8 Å². The molecule has 1 aliphatic heterocycles. The zero-order valence-electron chi connectivity index (χ0n) is 17.1. The molecule has 0 saturated carbocycles. The summed E-state index contributed by atoms with van der Waals surface area (Å²) in [5.41, 5.74) is 1.68. The van der Waals surface area contributed by atoms with E-state index < -0.39 is 0 Å². The number of anilines is 1. The number of nitrogens with zero attached hydrogens (tertiary/aromatic N) is 1. The second kappa shape index (κ2) is 10.3. The van der Waals surface area contributed by atoms with E-state index in [0.717, 1.165) is 24.0 Å². The molecule has 2 aromatic rings. The summed E-state index contributed by atoms with van der Waals surface area (Å²) in [5.74, 6) is 0.816. The van der Waals surface area contributed by atoms with Gasteiger partial charge in [-0.3, -0.25) is 9.59 Å². The zero-order chi connectivity index (χ0) is 21.5. The molecule has 1 unspecified atom stereocenters. The van der Waals surface area contributed by atoms with Gasteiger partial charge in [0.2, 0.25) is 0 Å². The minimum absolute atomic E-state index is 0.116. The van der Waals surface area contributed by atoms with E-state index in [0.29, 0.717) is 29.5 Å². The van der Waals surface area contributed by atoms with Crippen molar-refractivity contribution in [1.29, 1.82) is 0 Å². The number of carbonyl (C=O) groups excluding carboxylic acids is 2. The Hall–Kier alpha value is -2.74. The maximum atomic E-state index is 12.6. The van der Waals surface area contributed by atoms with Crippen LogP contribution in [0.2, 0.25) is 0 Å². The van der Waals surface area contributed by atoms with E-state index in [1.165, 1.54) is 12.8 Å². The van der Waals surface area contributed by atoms with Gasteiger partial charge in [0.1, 0.15) is 0 Å². The third kappa shape index (κ3) is 5.66. The zero-order valence-corrected chi connectivity index (χ0v) is 18.7. The summed E-state index contributed by atoms with van der Waals surface area (Å²) in [6.45, 7) is 2.38. The van der Waals surface area contributed by atoms with Crippen LogP contribution in [0, 0.1) is 5.92 Å². The maximum absolute atomic E-state index is 12.6. The molecule has 1 atom stereocenters. The smallest absolute Gasteiger partial charge is 0.257 e. The Morgan fingerprint density at radius 1 is 1.20 bits per heavy atom. The van der Waals surface area contributed by atoms with Gasteiger partial charge >= 0.3 is 0 Å². The summed E-state index contributed by atoms with van der Waals surface area (Å²) in [7, 11) is 3.04. The number of methoxy groups -OCH3 is 1. The third-order valence-corrected chi connectivity index (χ3v) is 5.57. The highest BCUT2D eigenvalue weighted by atomic mass is 79.9. The molecular formula is C22H26BrN3O4. The van der Waals surface area contributed by atoms with Crippen molar-refractivity contribution < 1.29 is 19.1 Å². The first-order valence-electron chi connectivity index (χ1n) is 9.80. The van der Waals surface area contributed by atoms with E-state index in [4.69, 9.17) is 9.47 Å². The number of hydrogen-bond donors (Lipinski definition) is 2. The minimum Gasteiger partial charge on any atom is -0.493 e. The molecule has 0 aliphatic carbocycles. The van der Waals surface area contributed by atoms with Crippen molar-refractivity contribution in [3.63, 3.8) is 0 Å². The number of halogens is 1. The van der Waals surface area contributed by atoms with Crippen LogP contribution in [0.25, 0.3) is 0 Å². The number of nitrogens with one attached hydrogen (secondary N) is 2. The van der Waals surface area contributed by atoms with Crippen LogP contribution in [0.3, 0.4) is 0 Å². The molecule has 1 fully saturated rings. The average Bonchev–Trinajstić information content (AvgIpc) is 3.24. The van der Waals surface area contributed by atoms with Crippen molar-refractivity contribution >= 4 is 33.4 Å². The molecule has 0 bridgehead atoms.